The van der Waals surface area contributed by atoms with Crippen LogP contribution in [-0.4, -0.2) is 60.3 Å². The minimum absolute atomic E-state index is 0.0304. The predicted octanol–water partition coefficient (Wildman–Crippen LogP) is 2.01. The number of carbonyl (C=O) groups is 3. The molecule has 0 saturated carbocycles. The first kappa shape index (κ1) is 19.4. The van der Waals surface area contributed by atoms with Crippen molar-refractivity contribution in [2.24, 2.45) is 0 Å². The van der Waals surface area contributed by atoms with Crippen molar-refractivity contribution >= 4 is 23.4 Å². The van der Waals surface area contributed by atoms with Gasteiger partial charge in [0.25, 0.3) is 11.8 Å². The summed E-state index contributed by atoms with van der Waals surface area (Å²) in [6.45, 7) is 3.62. The lowest BCUT2D eigenvalue weighted by molar-refractivity contribution is -0.139. The van der Waals surface area contributed by atoms with E-state index in [0.29, 0.717) is 43.2 Å². The summed E-state index contributed by atoms with van der Waals surface area (Å²) in [5.74, 6) is 0.287. The second-order valence-corrected chi connectivity index (χ2v) is 6.52. The second kappa shape index (κ2) is 9.03. The summed E-state index contributed by atoms with van der Waals surface area (Å²) < 4.78 is 5.56. The van der Waals surface area contributed by atoms with Crippen LogP contribution in [0.4, 0.5) is 5.69 Å². The van der Waals surface area contributed by atoms with Gasteiger partial charge in [0.1, 0.15) is 5.75 Å². The standard InChI is InChI=1S/C21H23N3O4/c1-16(25)23-11-13-24(14-12-23)20(26)15-28-19-9-7-18(8-10-19)22-21(27)17-5-3-2-4-6-17/h2-10H,11-15H2,1H3,(H,22,27). The van der Waals surface area contributed by atoms with Gasteiger partial charge >= 0.3 is 0 Å². The molecule has 1 N–H and O–H groups in total. The van der Waals surface area contributed by atoms with Crippen LogP contribution in [0, 0.1) is 0 Å². The number of amides is 3. The Morgan fingerprint density at radius 3 is 2.11 bits per heavy atom. The maximum absolute atomic E-state index is 12.3. The van der Waals surface area contributed by atoms with E-state index in [2.05, 4.69) is 5.32 Å². The average molecular weight is 381 g/mol. The zero-order valence-corrected chi connectivity index (χ0v) is 15.8. The van der Waals surface area contributed by atoms with Crippen molar-refractivity contribution in [1.82, 2.24) is 9.80 Å². The Labute approximate surface area is 163 Å². The number of hydrogen-bond donors (Lipinski definition) is 1. The zero-order chi connectivity index (χ0) is 19.9. The summed E-state index contributed by atoms with van der Waals surface area (Å²) in [5, 5.41) is 2.81. The van der Waals surface area contributed by atoms with E-state index in [9.17, 15) is 14.4 Å². The van der Waals surface area contributed by atoms with Gasteiger partial charge in [-0.05, 0) is 36.4 Å². The molecule has 0 bridgehead atoms. The number of nitrogens with zero attached hydrogens (tertiary/aromatic N) is 2. The van der Waals surface area contributed by atoms with Crippen molar-refractivity contribution in [3.05, 3.63) is 60.2 Å². The van der Waals surface area contributed by atoms with Crippen LogP contribution in [0.5, 0.6) is 5.75 Å². The third-order valence-corrected chi connectivity index (χ3v) is 4.59. The second-order valence-electron chi connectivity index (χ2n) is 6.52. The summed E-state index contributed by atoms with van der Waals surface area (Å²) >= 11 is 0. The average Bonchev–Trinajstić information content (AvgIpc) is 2.73. The molecule has 146 valence electrons. The van der Waals surface area contributed by atoms with Crippen molar-refractivity contribution in [3.63, 3.8) is 0 Å². The van der Waals surface area contributed by atoms with E-state index in [1.165, 1.54) is 6.92 Å². The summed E-state index contributed by atoms with van der Waals surface area (Å²) in [4.78, 5) is 39.2. The largest absolute Gasteiger partial charge is 0.484 e. The van der Waals surface area contributed by atoms with Gasteiger partial charge in [0, 0.05) is 44.4 Å². The molecule has 1 saturated heterocycles. The number of benzene rings is 2. The molecule has 7 heteroatoms. The van der Waals surface area contributed by atoms with Gasteiger partial charge in [-0.25, -0.2) is 0 Å². The highest BCUT2D eigenvalue weighted by Gasteiger charge is 2.22. The molecule has 0 aromatic heterocycles. The smallest absolute Gasteiger partial charge is 0.260 e. The lowest BCUT2D eigenvalue weighted by Crippen LogP contribution is -2.51. The molecule has 1 aliphatic rings. The lowest BCUT2D eigenvalue weighted by atomic mass is 10.2. The van der Waals surface area contributed by atoms with Gasteiger partial charge in [-0.15, -0.1) is 0 Å². The number of piperazine rings is 1. The molecule has 3 amide bonds. The SMILES string of the molecule is CC(=O)N1CCN(C(=O)COc2ccc(NC(=O)c3ccccc3)cc2)CC1. The first-order valence-electron chi connectivity index (χ1n) is 9.15. The third kappa shape index (κ3) is 5.09. The molecular weight excluding hydrogens is 358 g/mol. The van der Waals surface area contributed by atoms with Gasteiger partial charge < -0.3 is 19.9 Å². The van der Waals surface area contributed by atoms with E-state index < -0.39 is 0 Å². The Hall–Kier alpha value is -3.35. The van der Waals surface area contributed by atoms with Gasteiger partial charge in [0.2, 0.25) is 5.91 Å². The molecule has 3 rings (SSSR count). The van der Waals surface area contributed by atoms with Crippen molar-refractivity contribution in [2.75, 3.05) is 38.1 Å². The van der Waals surface area contributed by atoms with E-state index in [4.69, 9.17) is 4.74 Å². The Kier molecular flexibility index (Phi) is 6.26. The van der Waals surface area contributed by atoms with Crippen LogP contribution < -0.4 is 10.1 Å². The van der Waals surface area contributed by atoms with E-state index in [1.807, 2.05) is 18.2 Å². The fourth-order valence-corrected chi connectivity index (χ4v) is 2.93. The summed E-state index contributed by atoms with van der Waals surface area (Å²) in [6.07, 6.45) is 0. The number of rotatable bonds is 5. The molecule has 7 nitrogen and oxygen atoms in total. The van der Waals surface area contributed by atoms with E-state index >= 15 is 0 Å². The van der Waals surface area contributed by atoms with Gasteiger partial charge in [-0.2, -0.15) is 0 Å². The van der Waals surface area contributed by atoms with E-state index in [0.717, 1.165) is 0 Å². The first-order valence-corrected chi connectivity index (χ1v) is 9.15. The lowest BCUT2D eigenvalue weighted by Gasteiger charge is -2.34. The van der Waals surface area contributed by atoms with Crippen LogP contribution in [0.3, 0.4) is 0 Å². The maximum Gasteiger partial charge on any atom is 0.260 e. The molecule has 0 unspecified atom stereocenters. The highest BCUT2D eigenvalue weighted by molar-refractivity contribution is 6.04. The minimum atomic E-state index is -0.186. The highest BCUT2D eigenvalue weighted by Crippen LogP contribution is 2.17. The summed E-state index contributed by atoms with van der Waals surface area (Å²) in [6, 6.07) is 15.8. The molecule has 28 heavy (non-hydrogen) atoms. The number of carbonyl (C=O) groups excluding carboxylic acids is 3. The molecule has 0 atom stereocenters. The fraction of sp³-hybridized carbons (Fsp3) is 0.286. The van der Waals surface area contributed by atoms with Crippen LogP contribution in [0.15, 0.2) is 54.6 Å². The van der Waals surface area contributed by atoms with Crippen molar-refractivity contribution in [3.8, 4) is 5.75 Å². The predicted molar refractivity (Wildman–Crippen MR) is 105 cm³/mol. The van der Waals surface area contributed by atoms with Gasteiger partial charge in [0.15, 0.2) is 6.61 Å². The fourth-order valence-electron chi connectivity index (χ4n) is 2.93. The van der Waals surface area contributed by atoms with Gasteiger partial charge in [0.05, 0.1) is 0 Å². The van der Waals surface area contributed by atoms with E-state index in [1.54, 1.807) is 46.2 Å². The molecule has 0 spiro atoms. The monoisotopic (exact) mass is 381 g/mol. The molecule has 1 fully saturated rings. The van der Waals surface area contributed by atoms with Crippen LogP contribution in [0.2, 0.25) is 0 Å². The molecule has 0 radical (unpaired) electrons. The summed E-state index contributed by atoms with van der Waals surface area (Å²) in [7, 11) is 0. The number of anilines is 1. The number of hydrogen-bond acceptors (Lipinski definition) is 4. The molecule has 2 aromatic rings. The Morgan fingerprint density at radius 2 is 1.50 bits per heavy atom. The van der Waals surface area contributed by atoms with Crippen LogP contribution in [0.1, 0.15) is 17.3 Å². The Morgan fingerprint density at radius 1 is 0.893 bits per heavy atom. The zero-order valence-electron chi connectivity index (χ0n) is 15.8. The molecular formula is C21H23N3O4. The molecule has 1 heterocycles. The molecule has 2 aromatic carbocycles. The Balaban J connectivity index is 1.46. The normalized spacial score (nSPS) is 13.8. The molecule has 0 aliphatic carbocycles. The van der Waals surface area contributed by atoms with Gasteiger partial charge in [-0.3, -0.25) is 14.4 Å². The highest BCUT2D eigenvalue weighted by atomic mass is 16.5. The van der Waals surface area contributed by atoms with Gasteiger partial charge in [-0.1, -0.05) is 18.2 Å². The quantitative estimate of drug-likeness (QED) is 0.859. The van der Waals surface area contributed by atoms with Crippen molar-refractivity contribution in [1.29, 1.82) is 0 Å². The third-order valence-electron chi connectivity index (χ3n) is 4.59. The molecule has 1 aliphatic heterocycles. The van der Waals surface area contributed by atoms with Crippen molar-refractivity contribution < 1.29 is 19.1 Å². The first-order chi connectivity index (χ1) is 13.5. The van der Waals surface area contributed by atoms with Crippen LogP contribution in [-0.2, 0) is 9.59 Å². The summed E-state index contributed by atoms with van der Waals surface area (Å²) in [5.41, 5.74) is 1.23. The number of ether oxygens (including phenoxy) is 1. The minimum Gasteiger partial charge on any atom is -0.484 e. The number of nitrogens with one attached hydrogen (secondary N) is 1. The van der Waals surface area contributed by atoms with Crippen molar-refractivity contribution in [2.45, 2.75) is 6.92 Å². The topological polar surface area (TPSA) is 79.0 Å². The van der Waals surface area contributed by atoms with E-state index in [-0.39, 0.29) is 24.3 Å². The van der Waals surface area contributed by atoms with Crippen LogP contribution >= 0.6 is 0 Å². The van der Waals surface area contributed by atoms with Crippen LogP contribution in [0.25, 0.3) is 0 Å². The maximum atomic E-state index is 12.3. The Bertz CT molecular complexity index is 828.